The van der Waals surface area contributed by atoms with Gasteiger partial charge >= 0.3 is 0 Å². The molecule has 2 aliphatic rings. The Hall–Kier alpha value is -0.890. The first-order valence-electron chi connectivity index (χ1n) is 8.00. The van der Waals surface area contributed by atoms with Gasteiger partial charge in [0.2, 0.25) is 0 Å². The van der Waals surface area contributed by atoms with E-state index >= 15 is 0 Å². The Bertz CT molecular complexity index is 390. The topological polar surface area (TPSA) is 24.9 Å². The Morgan fingerprint density at radius 2 is 1.95 bits per heavy atom. The van der Waals surface area contributed by atoms with Gasteiger partial charge in [0.05, 0.1) is 5.69 Å². The van der Waals surface area contributed by atoms with Crippen molar-refractivity contribution in [2.75, 3.05) is 0 Å². The van der Waals surface area contributed by atoms with E-state index in [-0.39, 0.29) is 0 Å². The average Bonchev–Trinajstić information content (AvgIpc) is 2.48. The number of nitrogens with zero attached hydrogens (tertiary/aromatic N) is 1. The Labute approximate surface area is 117 Å². The number of fused-ring (bicyclic) bond motifs is 1. The molecule has 0 amide bonds. The molecule has 0 bridgehead atoms. The molecular formula is C17H26N2. The molecule has 0 aliphatic heterocycles. The minimum absolute atomic E-state index is 0.381. The second-order valence-corrected chi connectivity index (χ2v) is 6.46. The smallest absolute Gasteiger partial charge is 0.0570 e. The van der Waals surface area contributed by atoms with Crippen LogP contribution in [-0.2, 0) is 0 Å². The maximum absolute atomic E-state index is 4.46. The van der Waals surface area contributed by atoms with Crippen molar-refractivity contribution in [3.05, 3.63) is 30.1 Å². The van der Waals surface area contributed by atoms with Crippen LogP contribution in [0, 0.1) is 11.8 Å². The Balaban J connectivity index is 1.56. The standard InChI is InChI=1S/C17H26N2/c1-13(17-8-4-5-11-18-17)19-16-10-9-14-6-2-3-7-15(14)12-16/h4-5,8,11,13-16,19H,2-3,6-7,9-10,12H2,1H3. The molecule has 2 aliphatic carbocycles. The highest BCUT2D eigenvalue weighted by atomic mass is 15.0. The zero-order valence-corrected chi connectivity index (χ0v) is 12.0. The average molecular weight is 258 g/mol. The largest absolute Gasteiger partial charge is 0.306 e. The number of rotatable bonds is 3. The van der Waals surface area contributed by atoms with Crippen LogP contribution in [0.15, 0.2) is 24.4 Å². The van der Waals surface area contributed by atoms with E-state index < -0.39 is 0 Å². The predicted molar refractivity (Wildman–Crippen MR) is 78.9 cm³/mol. The van der Waals surface area contributed by atoms with Crippen LogP contribution in [0.5, 0.6) is 0 Å². The SMILES string of the molecule is CC(NC1CCC2CCCCC2C1)c1ccccn1. The van der Waals surface area contributed by atoms with Gasteiger partial charge in [-0.3, -0.25) is 4.98 Å². The molecule has 0 saturated heterocycles. The van der Waals surface area contributed by atoms with Crippen LogP contribution in [0.4, 0.5) is 0 Å². The third kappa shape index (κ3) is 3.17. The molecule has 0 spiro atoms. The zero-order chi connectivity index (χ0) is 13.1. The molecule has 1 aromatic rings. The lowest BCUT2D eigenvalue weighted by atomic mass is 9.69. The van der Waals surface area contributed by atoms with E-state index in [1.165, 1.54) is 50.6 Å². The van der Waals surface area contributed by atoms with E-state index in [2.05, 4.69) is 29.4 Å². The van der Waals surface area contributed by atoms with Gasteiger partial charge in [0.1, 0.15) is 0 Å². The highest BCUT2D eigenvalue weighted by molar-refractivity contribution is 5.08. The van der Waals surface area contributed by atoms with Crippen LogP contribution in [0.2, 0.25) is 0 Å². The third-order valence-electron chi connectivity index (χ3n) is 5.16. The summed E-state index contributed by atoms with van der Waals surface area (Å²) in [6.45, 7) is 2.25. The van der Waals surface area contributed by atoms with Crippen molar-refractivity contribution in [3.8, 4) is 0 Å². The fraction of sp³-hybridized carbons (Fsp3) is 0.706. The van der Waals surface area contributed by atoms with Crippen molar-refractivity contribution in [2.24, 2.45) is 11.8 Å². The summed E-state index contributed by atoms with van der Waals surface area (Å²) in [4.78, 5) is 4.46. The normalized spacial score (nSPS) is 32.6. The lowest BCUT2D eigenvalue weighted by molar-refractivity contribution is 0.139. The molecule has 2 nitrogen and oxygen atoms in total. The molecule has 4 unspecified atom stereocenters. The summed E-state index contributed by atoms with van der Waals surface area (Å²) in [5.74, 6) is 2.04. The van der Waals surface area contributed by atoms with Gasteiger partial charge < -0.3 is 5.32 Å². The molecule has 1 heterocycles. The zero-order valence-electron chi connectivity index (χ0n) is 12.0. The van der Waals surface area contributed by atoms with Crippen molar-refractivity contribution >= 4 is 0 Å². The van der Waals surface area contributed by atoms with Crippen molar-refractivity contribution in [1.82, 2.24) is 10.3 Å². The predicted octanol–water partition coefficient (Wildman–Crippen LogP) is 4.09. The molecule has 1 aromatic heterocycles. The molecule has 0 aromatic carbocycles. The fourth-order valence-corrected chi connectivity index (χ4v) is 4.10. The minimum atomic E-state index is 0.381. The van der Waals surface area contributed by atoms with Crippen molar-refractivity contribution in [2.45, 2.75) is 64.0 Å². The molecule has 104 valence electrons. The maximum Gasteiger partial charge on any atom is 0.0570 e. The molecule has 2 saturated carbocycles. The first kappa shape index (κ1) is 13.1. The second-order valence-electron chi connectivity index (χ2n) is 6.46. The number of aromatic nitrogens is 1. The minimum Gasteiger partial charge on any atom is -0.306 e. The van der Waals surface area contributed by atoms with Gasteiger partial charge in [-0.1, -0.05) is 31.7 Å². The van der Waals surface area contributed by atoms with Crippen LogP contribution in [-0.4, -0.2) is 11.0 Å². The van der Waals surface area contributed by atoms with Crippen LogP contribution in [0.1, 0.15) is 63.6 Å². The Kier molecular flexibility index (Phi) is 4.17. The third-order valence-corrected chi connectivity index (χ3v) is 5.16. The van der Waals surface area contributed by atoms with E-state index in [0.717, 1.165) is 11.8 Å². The molecule has 1 N–H and O–H groups in total. The van der Waals surface area contributed by atoms with Crippen LogP contribution >= 0.6 is 0 Å². The number of pyridine rings is 1. The van der Waals surface area contributed by atoms with Gasteiger partial charge in [0, 0.05) is 18.3 Å². The quantitative estimate of drug-likeness (QED) is 0.883. The van der Waals surface area contributed by atoms with Crippen molar-refractivity contribution in [3.63, 3.8) is 0 Å². The van der Waals surface area contributed by atoms with Gasteiger partial charge in [-0.25, -0.2) is 0 Å². The van der Waals surface area contributed by atoms with Gasteiger partial charge in [-0.15, -0.1) is 0 Å². The van der Waals surface area contributed by atoms with Gasteiger partial charge in [-0.05, 0) is 50.2 Å². The summed E-state index contributed by atoms with van der Waals surface area (Å²) in [6.07, 6.45) is 12.0. The van der Waals surface area contributed by atoms with Gasteiger partial charge in [0.25, 0.3) is 0 Å². The van der Waals surface area contributed by atoms with E-state index in [0.29, 0.717) is 12.1 Å². The van der Waals surface area contributed by atoms with E-state index in [1.807, 2.05) is 12.3 Å². The molecule has 19 heavy (non-hydrogen) atoms. The fourth-order valence-electron chi connectivity index (χ4n) is 4.10. The summed E-state index contributed by atoms with van der Waals surface area (Å²) < 4.78 is 0. The van der Waals surface area contributed by atoms with Crippen molar-refractivity contribution in [1.29, 1.82) is 0 Å². The number of hydrogen-bond donors (Lipinski definition) is 1. The molecule has 2 fully saturated rings. The van der Waals surface area contributed by atoms with E-state index in [9.17, 15) is 0 Å². The number of nitrogens with one attached hydrogen (secondary N) is 1. The first-order chi connectivity index (χ1) is 9.33. The highest BCUT2D eigenvalue weighted by Gasteiger charge is 2.32. The van der Waals surface area contributed by atoms with E-state index in [1.54, 1.807) is 0 Å². The second kappa shape index (κ2) is 6.04. The molecular weight excluding hydrogens is 232 g/mol. The summed E-state index contributed by atoms with van der Waals surface area (Å²) >= 11 is 0. The molecule has 0 radical (unpaired) electrons. The maximum atomic E-state index is 4.46. The lowest BCUT2D eigenvalue weighted by Gasteiger charge is -2.40. The summed E-state index contributed by atoms with van der Waals surface area (Å²) in [5.41, 5.74) is 1.17. The van der Waals surface area contributed by atoms with Crippen LogP contribution in [0.25, 0.3) is 0 Å². The van der Waals surface area contributed by atoms with Gasteiger partial charge in [-0.2, -0.15) is 0 Å². The van der Waals surface area contributed by atoms with Crippen LogP contribution in [0.3, 0.4) is 0 Å². The van der Waals surface area contributed by atoms with Crippen LogP contribution < -0.4 is 5.32 Å². The monoisotopic (exact) mass is 258 g/mol. The first-order valence-corrected chi connectivity index (χ1v) is 8.00. The highest BCUT2D eigenvalue weighted by Crippen LogP contribution is 2.40. The lowest BCUT2D eigenvalue weighted by Crippen LogP contribution is -2.40. The van der Waals surface area contributed by atoms with Gasteiger partial charge in [0.15, 0.2) is 0 Å². The Morgan fingerprint density at radius 3 is 2.74 bits per heavy atom. The Morgan fingerprint density at radius 1 is 1.11 bits per heavy atom. The van der Waals surface area contributed by atoms with Crippen molar-refractivity contribution < 1.29 is 0 Å². The molecule has 2 heteroatoms. The summed E-state index contributed by atoms with van der Waals surface area (Å²) in [5, 5.41) is 3.81. The summed E-state index contributed by atoms with van der Waals surface area (Å²) in [6, 6.07) is 7.29. The van der Waals surface area contributed by atoms with E-state index in [4.69, 9.17) is 0 Å². The number of hydrogen-bond acceptors (Lipinski definition) is 2. The summed E-state index contributed by atoms with van der Waals surface area (Å²) in [7, 11) is 0. The molecule has 4 atom stereocenters. The molecule has 3 rings (SSSR count).